The van der Waals surface area contributed by atoms with Gasteiger partial charge in [-0.05, 0) is 24.1 Å². The number of benzene rings is 1. The van der Waals surface area contributed by atoms with Crippen molar-refractivity contribution in [2.24, 2.45) is 0 Å². The maximum Gasteiger partial charge on any atom is 0.0948 e. The number of hydrogen-bond donors (Lipinski definition) is 1. The van der Waals surface area contributed by atoms with Crippen LogP contribution in [-0.4, -0.2) is 9.55 Å². The second kappa shape index (κ2) is 6.57. The average Bonchev–Trinajstić information content (AvgIpc) is 2.78. The fourth-order valence-corrected chi connectivity index (χ4v) is 2.13. The van der Waals surface area contributed by atoms with Gasteiger partial charge in [0.1, 0.15) is 0 Å². The van der Waals surface area contributed by atoms with E-state index >= 15 is 0 Å². The molecule has 4 heteroatoms. The summed E-state index contributed by atoms with van der Waals surface area (Å²) in [7, 11) is 0. The molecule has 0 aliphatic heterocycles. The minimum absolute atomic E-state index is 0.783. The number of halogens is 1. The normalized spacial score (nSPS) is 10.8. The van der Waals surface area contributed by atoms with Gasteiger partial charge in [0.25, 0.3) is 0 Å². The Labute approximate surface area is 113 Å². The molecule has 0 radical (unpaired) electrons. The predicted molar refractivity (Wildman–Crippen MR) is 74.5 cm³/mol. The molecule has 18 heavy (non-hydrogen) atoms. The van der Waals surface area contributed by atoms with E-state index in [9.17, 15) is 0 Å². The van der Waals surface area contributed by atoms with Crippen LogP contribution < -0.4 is 5.32 Å². The molecular weight excluding hydrogens is 246 g/mol. The number of aryl methyl sites for hydroxylation is 1. The van der Waals surface area contributed by atoms with Crippen LogP contribution in [0.3, 0.4) is 0 Å². The minimum Gasteiger partial charge on any atom is -0.333 e. The van der Waals surface area contributed by atoms with Crippen molar-refractivity contribution in [3.05, 3.63) is 53.1 Å². The van der Waals surface area contributed by atoms with Crippen molar-refractivity contribution in [3.63, 3.8) is 0 Å². The standard InChI is InChI=1S/C14H18ClN3/c1-2-6-18-11-17-10-14(18)9-16-8-12-4-3-5-13(15)7-12/h3-5,7,10-11,16H,2,6,8-9H2,1H3. The summed E-state index contributed by atoms with van der Waals surface area (Å²) in [6.07, 6.45) is 4.93. The molecule has 2 aromatic rings. The molecule has 1 aromatic carbocycles. The monoisotopic (exact) mass is 263 g/mol. The van der Waals surface area contributed by atoms with E-state index in [0.29, 0.717) is 0 Å². The quantitative estimate of drug-likeness (QED) is 0.867. The molecule has 1 N–H and O–H groups in total. The van der Waals surface area contributed by atoms with Crippen LogP contribution in [-0.2, 0) is 19.6 Å². The van der Waals surface area contributed by atoms with Crippen LogP contribution in [0.15, 0.2) is 36.8 Å². The van der Waals surface area contributed by atoms with Gasteiger partial charge in [0.2, 0.25) is 0 Å². The number of hydrogen-bond acceptors (Lipinski definition) is 2. The van der Waals surface area contributed by atoms with Gasteiger partial charge in [0.15, 0.2) is 0 Å². The van der Waals surface area contributed by atoms with E-state index in [1.54, 1.807) is 0 Å². The fourth-order valence-electron chi connectivity index (χ4n) is 1.92. The summed E-state index contributed by atoms with van der Waals surface area (Å²) in [5.41, 5.74) is 2.42. The van der Waals surface area contributed by atoms with E-state index in [4.69, 9.17) is 11.6 Å². The Morgan fingerprint density at radius 1 is 1.33 bits per heavy atom. The minimum atomic E-state index is 0.783. The SMILES string of the molecule is CCCn1cncc1CNCc1cccc(Cl)c1. The molecule has 1 aromatic heterocycles. The summed E-state index contributed by atoms with van der Waals surface area (Å²) in [6, 6.07) is 7.92. The Kier molecular flexibility index (Phi) is 4.79. The molecule has 0 saturated carbocycles. The molecule has 1 heterocycles. The van der Waals surface area contributed by atoms with Crippen LogP contribution in [0.1, 0.15) is 24.6 Å². The van der Waals surface area contributed by atoms with Crippen molar-refractivity contribution in [1.29, 1.82) is 0 Å². The molecule has 0 amide bonds. The lowest BCUT2D eigenvalue weighted by Crippen LogP contribution is -2.15. The second-order valence-electron chi connectivity index (χ2n) is 4.31. The number of rotatable bonds is 6. The zero-order chi connectivity index (χ0) is 12.8. The van der Waals surface area contributed by atoms with E-state index in [1.807, 2.05) is 30.7 Å². The van der Waals surface area contributed by atoms with Gasteiger partial charge in [-0.25, -0.2) is 4.98 Å². The number of nitrogens with one attached hydrogen (secondary N) is 1. The molecule has 3 nitrogen and oxygen atoms in total. The number of aromatic nitrogens is 2. The summed E-state index contributed by atoms with van der Waals surface area (Å²) in [4.78, 5) is 4.18. The molecule has 0 saturated heterocycles. The van der Waals surface area contributed by atoms with Crippen LogP contribution in [0.25, 0.3) is 0 Å². The van der Waals surface area contributed by atoms with Crippen LogP contribution >= 0.6 is 11.6 Å². The molecule has 0 unspecified atom stereocenters. The van der Waals surface area contributed by atoms with Gasteiger partial charge in [-0.1, -0.05) is 30.7 Å². The summed E-state index contributed by atoms with van der Waals surface area (Å²) < 4.78 is 2.19. The van der Waals surface area contributed by atoms with Gasteiger partial charge in [-0.3, -0.25) is 0 Å². The van der Waals surface area contributed by atoms with Crippen LogP contribution in [0.5, 0.6) is 0 Å². The predicted octanol–water partition coefficient (Wildman–Crippen LogP) is 3.24. The lowest BCUT2D eigenvalue weighted by molar-refractivity contribution is 0.601. The topological polar surface area (TPSA) is 29.9 Å². The highest BCUT2D eigenvalue weighted by molar-refractivity contribution is 6.30. The largest absolute Gasteiger partial charge is 0.333 e. The van der Waals surface area contributed by atoms with Crippen LogP contribution in [0, 0.1) is 0 Å². The van der Waals surface area contributed by atoms with Gasteiger partial charge in [0, 0.05) is 30.9 Å². The summed E-state index contributed by atoms with van der Waals surface area (Å²) in [6.45, 7) is 4.84. The highest BCUT2D eigenvalue weighted by Gasteiger charge is 2.01. The lowest BCUT2D eigenvalue weighted by Gasteiger charge is -2.08. The number of imidazole rings is 1. The molecule has 0 fully saturated rings. The van der Waals surface area contributed by atoms with Gasteiger partial charge < -0.3 is 9.88 Å². The highest BCUT2D eigenvalue weighted by Crippen LogP contribution is 2.10. The third-order valence-electron chi connectivity index (χ3n) is 2.79. The van der Waals surface area contributed by atoms with Crippen LogP contribution in [0.4, 0.5) is 0 Å². The zero-order valence-electron chi connectivity index (χ0n) is 10.6. The first kappa shape index (κ1) is 13.1. The first-order chi connectivity index (χ1) is 8.79. The maximum atomic E-state index is 5.95. The molecule has 0 atom stereocenters. The lowest BCUT2D eigenvalue weighted by atomic mass is 10.2. The van der Waals surface area contributed by atoms with E-state index in [1.165, 1.54) is 11.3 Å². The van der Waals surface area contributed by atoms with E-state index in [-0.39, 0.29) is 0 Å². The highest BCUT2D eigenvalue weighted by atomic mass is 35.5. The second-order valence-corrected chi connectivity index (χ2v) is 4.75. The molecule has 0 spiro atoms. The molecular formula is C14H18ClN3. The number of nitrogens with zero attached hydrogens (tertiary/aromatic N) is 2. The van der Waals surface area contributed by atoms with E-state index in [2.05, 4.69) is 27.9 Å². The Morgan fingerprint density at radius 3 is 3.00 bits per heavy atom. The molecule has 2 rings (SSSR count). The first-order valence-corrected chi connectivity index (χ1v) is 6.61. The smallest absolute Gasteiger partial charge is 0.0948 e. The van der Waals surface area contributed by atoms with Gasteiger partial charge in [0.05, 0.1) is 12.0 Å². The summed E-state index contributed by atoms with van der Waals surface area (Å²) in [5.74, 6) is 0. The Bertz CT molecular complexity index is 493. The Balaban J connectivity index is 1.86. The van der Waals surface area contributed by atoms with E-state index in [0.717, 1.165) is 31.1 Å². The van der Waals surface area contributed by atoms with Crippen molar-refractivity contribution in [3.8, 4) is 0 Å². The molecule has 0 bridgehead atoms. The van der Waals surface area contributed by atoms with Crippen molar-refractivity contribution in [1.82, 2.24) is 14.9 Å². The molecule has 0 aliphatic rings. The van der Waals surface area contributed by atoms with Crippen molar-refractivity contribution < 1.29 is 0 Å². The van der Waals surface area contributed by atoms with Gasteiger partial charge >= 0.3 is 0 Å². The summed E-state index contributed by atoms with van der Waals surface area (Å²) in [5, 5.41) is 4.19. The summed E-state index contributed by atoms with van der Waals surface area (Å²) >= 11 is 5.95. The Hall–Kier alpha value is -1.32. The van der Waals surface area contributed by atoms with E-state index < -0.39 is 0 Å². The third kappa shape index (κ3) is 3.59. The van der Waals surface area contributed by atoms with Gasteiger partial charge in [-0.2, -0.15) is 0 Å². The average molecular weight is 264 g/mol. The molecule has 96 valence electrons. The zero-order valence-corrected chi connectivity index (χ0v) is 11.3. The fraction of sp³-hybridized carbons (Fsp3) is 0.357. The third-order valence-corrected chi connectivity index (χ3v) is 3.02. The maximum absolute atomic E-state index is 5.95. The van der Waals surface area contributed by atoms with Crippen LogP contribution in [0.2, 0.25) is 5.02 Å². The first-order valence-electron chi connectivity index (χ1n) is 6.23. The van der Waals surface area contributed by atoms with Crippen molar-refractivity contribution in [2.75, 3.05) is 0 Å². The van der Waals surface area contributed by atoms with Crippen molar-refractivity contribution >= 4 is 11.6 Å². The Morgan fingerprint density at radius 2 is 2.22 bits per heavy atom. The van der Waals surface area contributed by atoms with Crippen molar-refractivity contribution in [2.45, 2.75) is 33.0 Å². The van der Waals surface area contributed by atoms with Gasteiger partial charge in [-0.15, -0.1) is 0 Å². The molecule has 0 aliphatic carbocycles.